The van der Waals surface area contributed by atoms with Crippen LogP contribution in [0.5, 0.6) is 0 Å². The van der Waals surface area contributed by atoms with E-state index in [0.717, 1.165) is 29.1 Å². The van der Waals surface area contributed by atoms with Crippen LogP contribution in [0.25, 0.3) is 0 Å². The number of thioether (sulfide) groups is 1. The number of halogens is 1. The highest BCUT2D eigenvalue weighted by molar-refractivity contribution is 8.00. The van der Waals surface area contributed by atoms with Crippen molar-refractivity contribution < 1.29 is 9.90 Å². The summed E-state index contributed by atoms with van der Waals surface area (Å²) in [5.41, 5.74) is 10.1. The number of nitrogen functional groups attached to an aromatic ring is 1. The van der Waals surface area contributed by atoms with E-state index < -0.39 is 5.97 Å². The number of anilines is 1. The van der Waals surface area contributed by atoms with Crippen LogP contribution >= 0.6 is 34.7 Å². The quantitative estimate of drug-likeness (QED) is 0.639. The molecule has 0 saturated carbocycles. The van der Waals surface area contributed by atoms with E-state index in [1.54, 1.807) is 18.8 Å². The fraction of sp³-hybridized carbons (Fsp3) is 0.353. The second-order valence-corrected chi connectivity index (χ2v) is 8.96. The van der Waals surface area contributed by atoms with Crippen LogP contribution in [0, 0.1) is 0 Å². The number of carboxylic acid groups (broad SMARTS) is 1. The average molecular weight is 424 g/mol. The molecule has 3 aliphatic rings. The summed E-state index contributed by atoms with van der Waals surface area (Å²) in [6.07, 6.45) is 4.57. The average Bonchev–Trinajstić information content (AvgIpc) is 2.97. The fourth-order valence-electron chi connectivity index (χ4n) is 3.56. The molecule has 0 aromatic carbocycles. The molecule has 0 radical (unpaired) electrons. The summed E-state index contributed by atoms with van der Waals surface area (Å²) in [5.74, 6) is -0.140. The van der Waals surface area contributed by atoms with Crippen molar-refractivity contribution in [3.05, 3.63) is 44.8 Å². The third-order valence-corrected chi connectivity index (χ3v) is 7.23. The van der Waals surface area contributed by atoms with Crippen molar-refractivity contribution in [1.29, 1.82) is 0 Å². The minimum absolute atomic E-state index is 0.0225. The van der Waals surface area contributed by atoms with Crippen LogP contribution in [0.15, 0.2) is 39.8 Å². The number of fused-ring (bicyclic) bond motifs is 4. The summed E-state index contributed by atoms with van der Waals surface area (Å²) in [4.78, 5) is 22.4. The summed E-state index contributed by atoms with van der Waals surface area (Å²) in [5, 5.41) is 13.6. The molecule has 4 heterocycles. The first kappa shape index (κ1) is 18.4. The Morgan fingerprint density at radius 3 is 2.93 bits per heavy atom. The van der Waals surface area contributed by atoms with E-state index in [9.17, 15) is 9.90 Å². The molecule has 7 nitrogen and oxygen atoms in total. The molecule has 27 heavy (non-hydrogen) atoms. The van der Waals surface area contributed by atoms with E-state index in [-0.39, 0.29) is 11.4 Å². The molecular formula is C17H18ClN5O2S2. The molecule has 1 saturated heterocycles. The standard InChI is InChI=1S/C17H18ClN5O2S2/c1-3-7-6-26-15-11-9(23(15)13(7)16(24)25)5-4-8(21-11)10(20-2)12-14(18)27-17(19)22-12/h4-5,11,15,21H,3,6H2,1-2H3,(H2,19,22)(H,24,25)/t11-,15-/m1/s1. The summed E-state index contributed by atoms with van der Waals surface area (Å²) in [7, 11) is 1.68. The number of aliphatic carboxylic acids is 1. The Morgan fingerprint density at radius 2 is 2.33 bits per heavy atom. The lowest BCUT2D eigenvalue weighted by atomic mass is 9.94. The predicted molar refractivity (Wildman–Crippen MR) is 110 cm³/mol. The Morgan fingerprint density at radius 1 is 1.56 bits per heavy atom. The number of nitrogens with one attached hydrogen (secondary N) is 1. The van der Waals surface area contributed by atoms with Gasteiger partial charge in [0, 0.05) is 18.5 Å². The van der Waals surface area contributed by atoms with Crippen molar-refractivity contribution in [2.24, 2.45) is 4.99 Å². The summed E-state index contributed by atoms with van der Waals surface area (Å²) in [6.45, 7) is 2.00. The Hall–Kier alpha value is -1.97. The maximum absolute atomic E-state index is 11.8. The van der Waals surface area contributed by atoms with E-state index in [0.29, 0.717) is 26.6 Å². The van der Waals surface area contributed by atoms with Gasteiger partial charge in [0.25, 0.3) is 0 Å². The number of hydrogen-bond acceptors (Lipinski definition) is 8. The Bertz CT molecular complexity index is 949. The van der Waals surface area contributed by atoms with Gasteiger partial charge in [0.15, 0.2) is 5.13 Å². The number of nitrogens with two attached hydrogens (primary N) is 1. The van der Waals surface area contributed by atoms with Crippen molar-refractivity contribution in [3.63, 3.8) is 0 Å². The molecule has 0 amide bonds. The predicted octanol–water partition coefficient (Wildman–Crippen LogP) is 2.67. The molecule has 4 rings (SSSR count). The molecule has 2 atom stereocenters. The molecule has 0 spiro atoms. The molecule has 1 aromatic heterocycles. The van der Waals surface area contributed by atoms with Gasteiger partial charge in [-0.2, -0.15) is 0 Å². The van der Waals surface area contributed by atoms with E-state index in [1.165, 1.54) is 11.3 Å². The second kappa shape index (κ2) is 6.88. The molecule has 3 aliphatic heterocycles. The highest BCUT2D eigenvalue weighted by atomic mass is 35.5. The number of nitrogens with zero attached hydrogens (tertiary/aromatic N) is 3. The SMILES string of the molecule is CCC1=C(C(=O)O)N2C3=CC=C(C(=NC)c4nc(N)sc4Cl)N[C@H]3[C@H]2SC1. The zero-order valence-corrected chi connectivity index (χ0v) is 17.1. The van der Waals surface area contributed by atoms with Crippen LogP contribution in [0.4, 0.5) is 5.13 Å². The first-order valence-electron chi connectivity index (χ1n) is 8.40. The number of rotatable bonds is 4. The topological polar surface area (TPSA) is 104 Å². The van der Waals surface area contributed by atoms with Gasteiger partial charge in [-0.25, -0.2) is 9.78 Å². The van der Waals surface area contributed by atoms with Crippen LogP contribution in [-0.2, 0) is 4.79 Å². The summed E-state index contributed by atoms with van der Waals surface area (Å²) >= 11 is 9.22. The van der Waals surface area contributed by atoms with Gasteiger partial charge in [0.1, 0.15) is 26.8 Å². The number of aliphatic imine (C=N–C) groups is 1. The second-order valence-electron chi connectivity index (χ2n) is 6.22. The zero-order valence-electron chi connectivity index (χ0n) is 14.7. The lowest BCUT2D eigenvalue weighted by Crippen LogP contribution is -2.64. The minimum Gasteiger partial charge on any atom is -0.477 e. The number of aromatic nitrogens is 1. The molecule has 4 N–H and O–H groups in total. The third kappa shape index (κ3) is 2.84. The van der Waals surface area contributed by atoms with E-state index >= 15 is 0 Å². The maximum Gasteiger partial charge on any atom is 0.352 e. The largest absolute Gasteiger partial charge is 0.477 e. The highest BCUT2D eigenvalue weighted by Crippen LogP contribution is 2.47. The molecule has 0 unspecified atom stereocenters. The molecule has 10 heteroatoms. The van der Waals surface area contributed by atoms with Crippen molar-refractivity contribution in [1.82, 2.24) is 15.2 Å². The minimum atomic E-state index is -0.869. The zero-order chi connectivity index (χ0) is 19.3. The molecule has 1 fully saturated rings. The third-order valence-electron chi connectivity index (χ3n) is 4.81. The maximum atomic E-state index is 11.8. The van der Waals surface area contributed by atoms with Gasteiger partial charge < -0.3 is 21.1 Å². The van der Waals surface area contributed by atoms with Crippen LogP contribution < -0.4 is 11.1 Å². The van der Waals surface area contributed by atoms with E-state index in [2.05, 4.69) is 15.3 Å². The van der Waals surface area contributed by atoms with Crippen LogP contribution in [0.2, 0.25) is 4.34 Å². The van der Waals surface area contributed by atoms with Crippen LogP contribution in [0.1, 0.15) is 19.0 Å². The van der Waals surface area contributed by atoms with Crippen LogP contribution in [-0.4, -0.2) is 50.9 Å². The van der Waals surface area contributed by atoms with E-state index in [1.807, 2.05) is 24.0 Å². The van der Waals surface area contributed by atoms with Crippen molar-refractivity contribution in [2.45, 2.75) is 24.8 Å². The van der Waals surface area contributed by atoms with Crippen molar-refractivity contribution in [3.8, 4) is 0 Å². The highest BCUT2D eigenvalue weighted by Gasteiger charge is 2.51. The molecule has 0 bridgehead atoms. The number of carboxylic acids is 1. The van der Waals surface area contributed by atoms with Gasteiger partial charge in [-0.05, 0) is 24.1 Å². The lowest BCUT2D eigenvalue weighted by molar-refractivity contribution is -0.135. The first-order valence-corrected chi connectivity index (χ1v) is 10.6. The van der Waals surface area contributed by atoms with Gasteiger partial charge in [0.05, 0.1) is 11.7 Å². The van der Waals surface area contributed by atoms with Gasteiger partial charge in [-0.1, -0.05) is 29.9 Å². The number of carbonyl (C=O) groups is 1. The normalized spacial score (nSPS) is 24.4. The summed E-state index contributed by atoms with van der Waals surface area (Å²) < 4.78 is 0.497. The number of dihydropyridines is 1. The Labute approximate surface area is 169 Å². The van der Waals surface area contributed by atoms with Crippen molar-refractivity contribution in [2.75, 3.05) is 18.5 Å². The Balaban J connectivity index is 1.69. The van der Waals surface area contributed by atoms with Gasteiger partial charge in [0.2, 0.25) is 0 Å². The van der Waals surface area contributed by atoms with Gasteiger partial charge in [-0.15, -0.1) is 11.8 Å². The number of hydrogen-bond donors (Lipinski definition) is 3. The lowest BCUT2D eigenvalue weighted by Gasteiger charge is -2.55. The first-order chi connectivity index (χ1) is 13.0. The molecule has 1 aromatic rings. The molecule has 142 valence electrons. The fourth-order valence-corrected chi connectivity index (χ4v) is 5.98. The smallest absolute Gasteiger partial charge is 0.352 e. The van der Waals surface area contributed by atoms with Gasteiger partial charge >= 0.3 is 5.97 Å². The van der Waals surface area contributed by atoms with Crippen LogP contribution in [0.3, 0.4) is 0 Å². The molecule has 0 aliphatic carbocycles. The number of thiazole rings is 1. The van der Waals surface area contributed by atoms with E-state index in [4.69, 9.17) is 17.3 Å². The summed E-state index contributed by atoms with van der Waals surface area (Å²) in [6, 6.07) is 0.0225. The number of allylic oxidation sites excluding steroid dienone is 3. The monoisotopic (exact) mass is 423 g/mol. The van der Waals surface area contributed by atoms with Crippen molar-refractivity contribution >= 4 is 51.5 Å². The Kier molecular flexibility index (Phi) is 4.69. The van der Waals surface area contributed by atoms with Gasteiger partial charge in [-0.3, -0.25) is 4.99 Å². The molecular weight excluding hydrogens is 406 g/mol.